The Morgan fingerprint density at radius 3 is 2.33 bits per heavy atom. The molecule has 1 atom stereocenters. The second kappa shape index (κ2) is 6.22. The molecule has 0 aromatic carbocycles. The van der Waals surface area contributed by atoms with Crippen LogP contribution < -0.4 is 11.5 Å². The summed E-state index contributed by atoms with van der Waals surface area (Å²) >= 11 is 0. The Labute approximate surface area is 78.7 Å². The zero-order valence-corrected chi connectivity index (χ0v) is 8.06. The van der Waals surface area contributed by atoms with E-state index in [9.17, 15) is 4.79 Å². The fraction of sp³-hybridized carbons (Fsp3) is 0.857. The molecule has 4 nitrogen and oxygen atoms in total. The van der Waals surface area contributed by atoms with Crippen LogP contribution in [0.4, 0.5) is 0 Å². The smallest absolute Gasteiger partial charge is 0.323 e. The lowest BCUT2D eigenvalue weighted by Gasteiger charge is -2.18. The Kier molecular flexibility index (Phi) is 7.37. The number of carboxylic acid groups (broad SMARTS) is 1. The summed E-state index contributed by atoms with van der Waals surface area (Å²) in [5.74, 6) is -0.950. The average molecular weight is 197 g/mol. The summed E-state index contributed by atoms with van der Waals surface area (Å²) in [6.07, 6.45) is 2.09. The third-order valence-electron chi connectivity index (χ3n) is 1.64. The van der Waals surface area contributed by atoms with Gasteiger partial charge >= 0.3 is 5.97 Å². The lowest BCUT2D eigenvalue weighted by molar-refractivity contribution is -0.142. The highest BCUT2D eigenvalue weighted by molar-refractivity contribution is 5.85. The maximum Gasteiger partial charge on any atom is 0.323 e. The van der Waals surface area contributed by atoms with Gasteiger partial charge < -0.3 is 16.6 Å². The van der Waals surface area contributed by atoms with Gasteiger partial charge in [0.1, 0.15) is 5.54 Å². The second-order valence-corrected chi connectivity index (χ2v) is 2.97. The largest absolute Gasteiger partial charge is 0.480 e. The number of carbonyl (C=O) groups is 1. The summed E-state index contributed by atoms with van der Waals surface area (Å²) in [4.78, 5) is 10.5. The van der Waals surface area contributed by atoms with E-state index in [1.54, 1.807) is 0 Å². The van der Waals surface area contributed by atoms with Gasteiger partial charge in [0.2, 0.25) is 0 Å². The van der Waals surface area contributed by atoms with Gasteiger partial charge in [-0.15, -0.1) is 12.4 Å². The molecule has 74 valence electrons. The van der Waals surface area contributed by atoms with Crippen LogP contribution in [-0.4, -0.2) is 23.2 Å². The van der Waals surface area contributed by atoms with Crippen LogP contribution in [0, 0.1) is 0 Å². The summed E-state index contributed by atoms with van der Waals surface area (Å²) in [7, 11) is 0. The van der Waals surface area contributed by atoms with Gasteiger partial charge in [-0.2, -0.15) is 0 Å². The first-order valence-corrected chi connectivity index (χ1v) is 3.73. The third kappa shape index (κ3) is 5.35. The number of hydrogen-bond donors (Lipinski definition) is 3. The Hall–Kier alpha value is -0.320. The van der Waals surface area contributed by atoms with E-state index < -0.39 is 11.5 Å². The minimum absolute atomic E-state index is 0. The lowest BCUT2D eigenvalue weighted by Crippen LogP contribution is -2.44. The molecule has 0 aliphatic rings. The quantitative estimate of drug-likeness (QED) is 0.554. The van der Waals surface area contributed by atoms with Gasteiger partial charge in [-0.3, -0.25) is 4.79 Å². The van der Waals surface area contributed by atoms with E-state index in [4.69, 9.17) is 16.6 Å². The van der Waals surface area contributed by atoms with Crippen LogP contribution in [0.2, 0.25) is 0 Å². The molecular weight excluding hydrogens is 180 g/mol. The van der Waals surface area contributed by atoms with Crippen LogP contribution in [0.3, 0.4) is 0 Å². The topological polar surface area (TPSA) is 89.3 Å². The van der Waals surface area contributed by atoms with Crippen molar-refractivity contribution in [3.8, 4) is 0 Å². The van der Waals surface area contributed by atoms with Gasteiger partial charge in [0.25, 0.3) is 0 Å². The van der Waals surface area contributed by atoms with Gasteiger partial charge in [-0.25, -0.2) is 0 Å². The summed E-state index contributed by atoms with van der Waals surface area (Å²) in [6, 6.07) is 0. The number of rotatable bonds is 5. The van der Waals surface area contributed by atoms with Crippen LogP contribution in [0.15, 0.2) is 0 Å². The van der Waals surface area contributed by atoms with Crippen molar-refractivity contribution in [1.82, 2.24) is 0 Å². The molecule has 0 aliphatic carbocycles. The molecule has 0 aromatic heterocycles. The number of nitrogens with two attached hydrogens (primary N) is 2. The van der Waals surface area contributed by atoms with E-state index in [2.05, 4.69) is 0 Å². The fourth-order valence-electron chi connectivity index (χ4n) is 0.743. The fourth-order valence-corrected chi connectivity index (χ4v) is 0.743. The van der Waals surface area contributed by atoms with Crippen molar-refractivity contribution in [2.24, 2.45) is 11.5 Å². The van der Waals surface area contributed by atoms with Crippen molar-refractivity contribution in [2.75, 3.05) is 6.54 Å². The van der Waals surface area contributed by atoms with Crippen molar-refractivity contribution < 1.29 is 9.90 Å². The van der Waals surface area contributed by atoms with Gasteiger partial charge in [0, 0.05) is 0 Å². The summed E-state index contributed by atoms with van der Waals surface area (Å²) < 4.78 is 0. The molecule has 0 fully saturated rings. The molecule has 0 amide bonds. The van der Waals surface area contributed by atoms with Crippen LogP contribution in [0.1, 0.15) is 26.2 Å². The Bertz CT molecular complexity index is 139. The van der Waals surface area contributed by atoms with Crippen LogP contribution in [0.25, 0.3) is 0 Å². The number of halogens is 1. The number of unbranched alkanes of at least 4 members (excludes halogenated alkanes) is 1. The molecule has 0 aromatic rings. The standard InChI is InChI=1S/C7H16N2O2.ClH/c1-7(9,6(10)11)4-2-3-5-8;/h2-5,8-9H2,1H3,(H,10,11);1H. The summed E-state index contributed by atoms with van der Waals surface area (Å²) in [5, 5.41) is 8.58. The highest BCUT2D eigenvalue weighted by atomic mass is 35.5. The van der Waals surface area contributed by atoms with Crippen molar-refractivity contribution >= 4 is 18.4 Å². The lowest BCUT2D eigenvalue weighted by atomic mass is 9.96. The van der Waals surface area contributed by atoms with E-state index in [0.29, 0.717) is 13.0 Å². The first kappa shape index (κ1) is 14.2. The van der Waals surface area contributed by atoms with E-state index in [-0.39, 0.29) is 12.4 Å². The first-order valence-electron chi connectivity index (χ1n) is 3.73. The Morgan fingerprint density at radius 1 is 1.50 bits per heavy atom. The molecule has 0 bridgehead atoms. The van der Waals surface area contributed by atoms with Gasteiger partial charge in [-0.1, -0.05) is 0 Å². The number of aliphatic carboxylic acids is 1. The van der Waals surface area contributed by atoms with E-state index >= 15 is 0 Å². The van der Waals surface area contributed by atoms with Gasteiger partial charge in [-0.05, 0) is 32.7 Å². The average Bonchev–Trinajstić information content (AvgIpc) is 1.88. The molecule has 1 unspecified atom stereocenters. The summed E-state index contributed by atoms with van der Waals surface area (Å²) in [5.41, 5.74) is 9.62. The third-order valence-corrected chi connectivity index (χ3v) is 1.64. The van der Waals surface area contributed by atoms with Crippen molar-refractivity contribution in [3.63, 3.8) is 0 Å². The zero-order valence-electron chi connectivity index (χ0n) is 7.25. The minimum atomic E-state index is -1.09. The maximum absolute atomic E-state index is 10.5. The Balaban J connectivity index is 0. The van der Waals surface area contributed by atoms with Gasteiger partial charge in [0.15, 0.2) is 0 Å². The zero-order chi connectivity index (χ0) is 8.91. The van der Waals surface area contributed by atoms with Crippen molar-refractivity contribution in [2.45, 2.75) is 31.7 Å². The molecule has 0 saturated carbocycles. The van der Waals surface area contributed by atoms with E-state index in [0.717, 1.165) is 12.8 Å². The molecule has 0 rings (SSSR count). The molecule has 12 heavy (non-hydrogen) atoms. The van der Waals surface area contributed by atoms with E-state index in [1.165, 1.54) is 6.92 Å². The predicted molar refractivity (Wildman–Crippen MR) is 50.4 cm³/mol. The predicted octanol–water partition coefficient (Wildman–Crippen LogP) is 0.339. The maximum atomic E-state index is 10.5. The second-order valence-electron chi connectivity index (χ2n) is 2.97. The molecule has 0 spiro atoms. The molecular formula is C7H17ClN2O2. The molecule has 5 N–H and O–H groups in total. The van der Waals surface area contributed by atoms with Crippen LogP contribution in [-0.2, 0) is 4.79 Å². The SMILES string of the molecule is CC(N)(CCCCN)C(=O)O.Cl. The highest BCUT2D eigenvalue weighted by Gasteiger charge is 2.26. The van der Waals surface area contributed by atoms with Gasteiger partial charge in [0.05, 0.1) is 0 Å². The Morgan fingerprint density at radius 2 is 2.00 bits per heavy atom. The number of carboxylic acids is 1. The molecule has 0 radical (unpaired) electrons. The first-order chi connectivity index (χ1) is 5.00. The normalized spacial score (nSPS) is 14.6. The number of hydrogen-bond acceptors (Lipinski definition) is 3. The highest BCUT2D eigenvalue weighted by Crippen LogP contribution is 2.09. The monoisotopic (exact) mass is 196 g/mol. The van der Waals surface area contributed by atoms with E-state index in [1.807, 2.05) is 0 Å². The summed E-state index contributed by atoms with van der Waals surface area (Å²) in [6.45, 7) is 2.11. The van der Waals surface area contributed by atoms with Crippen molar-refractivity contribution in [1.29, 1.82) is 0 Å². The minimum Gasteiger partial charge on any atom is -0.480 e. The molecule has 0 heterocycles. The molecule has 0 saturated heterocycles. The molecule has 0 aliphatic heterocycles. The van der Waals surface area contributed by atoms with Crippen LogP contribution in [0.5, 0.6) is 0 Å². The van der Waals surface area contributed by atoms with Crippen molar-refractivity contribution in [3.05, 3.63) is 0 Å². The van der Waals surface area contributed by atoms with Crippen LogP contribution >= 0.6 is 12.4 Å². The molecule has 5 heteroatoms.